The van der Waals surface area contributed by atoms with Gasteiger partial charge in [0.1, 0.15) is 42.3 Å². The number of primary amides is 1. The first-order chi connectivity index (χ1) is 31.8. The van der Waals surface area contributed by atoms with Crippen LogP contribution in [0.4, 0.5) is 0 Å². The number of carbonyl (C=O) groups excluding carboxylic acids is 9. The second-order valence-corrected chi connectivity index (χ2v) is 17.9. The summed E-state index contributed by atoms with van der Waals surface area (Å²) in [7, 11) is 0. The number of nitrogens with one attached hydrogen (secondary N) is 8. The summed E-state index contributed by atoms with van der Waals surface area (Å²) in [5, 5.41) is 37.8. The molecule has 386 valence electrons. The van der Waals surface area contributed by atoms with Crippen LogP contribution >= 0.6 is 37.0 Å². The molecule has 0 rings (SSSR count). The van der Waals surface area contributed by atoms with Gasteiger partial charge in [-0.1, -0.05) is 27.7 Å². The third-order valence-corrected chi connectivity index (χ3v) is 10.9. The summed E-state index contributed by atoms with van der Waals surface area (Å²) in [6, 6.07) is -10.9. The van der Waals surface area contributed by atoms with Crippen LogP contribution in [0.1, 0.15) is 72.6 Å². The van der Waals surface area contributed by atoms with Crippen LogP contribution in [0.2, 0.25) is 0 Å². The summed E-state index contributed by atoms with van der Waals surface area (Å²) in [5.41, 5.74) is 22.0. The molecule has 18 N–H and O–H groups in total. The van der Waals surface area contributed by atoms with Gasteiger partial charge in [-0.3, -0.25) is 52.9 Å². The second-order valence-electron chi connectivity index (χ2n) is 16.1. The average Bonchev–Trinajstić information content (AvgIpc) is 3.25. The Hall–Kier alpha value is -5.55. The number of hydrogen-bond donors (Lipinski definition) is 16. The Morgan fingerprint density at radius 3 is 1.60 bits per heavy atom. The number of carboxylic acids is 2. The van der Waals surface area contributed by atoms with Crippen LogP contribution in [-0.4, -0.2) is 166 Å². The van der Waals surface area contributed by atoms with Crippen LogP contribution in [-0.2, 0) is 52.7 Å². The smallest absolute Gasteiger partial charge is 0.327 e. The average molecular weight is 1020 g/mol. The molecule has 29 heteroatoms. The van der Waals surface area contributed by atoms with Gasteiger partial charge in [-0.25, -0.2) is 4.79 Å². The van der Waals surface area contributed by atoms with E-state index in [-0.39, 0.29) is 61.4 Å². The summed E-state index contributed by atoms with van der Waals surface area (Å²) in [6.07, 6.45) is -0.0947. The highest BCUT2D eigenvalue weighted by molar-refractivity contribution is 7.98. The van der Waals surface area contributed by atoms with E-state index in [1.165, 1.54) is 11.8 Å². The number of thioether (sulfide) groups is 1. The number of hydrogen-bond acceptors (Lipinski definition) is 16. The zero-order valence-corrected chi connectivity index (χ0v) is 41.3. The van der Waals surface area contributed by atoms with Crippen molar-refractivity contribution < 1.29 is 63.0 Å². The van der Waals surface area contributed by atoms with Gasteiger partial charge in [-0.2, -0.15) is 37.0 Å². The Kier molecular flexibility index (Phi) is 30.3. The van der Waals surface area contributed by atoms with E-state index in [1.807, 2.05) is 0 Å². The molecule has 0 saturated carbocycles. The van der Waals surface area contributed by atoms with Crippen LogP contribution < -0.4 is 65.5 Å². The molecule has 0 spiro atoms. The molecule has 0 radical (unpaired) electrons. The zero-order chi connectivity index (χ0) is 52.3. The number of aliphatic imine (C=N–C) groups is 1. The summed E-state index contributed by atoms with van der Waals surface area (Å²) in [4.78, 5) is 145. The molecule has 8 atom stereocenters. The summed E-state index contributed by atoms with van der Waals surface area (Å²) in [6.45, 7) is 6.14. The molecule has 0 aromatic rings. The van der Waals surface area contributed by atoms with Gasteiger partial charge in [-0.15, -0.1) is 0 Å². The minimum Gasteiger partial charge on any atom is -0.481 e. The monoisotopic (exact) mass is 1020 g/mol. The van der Waals surface area contributed by atoms with E-state index in [2.05, 4.69) is 72.8 Å². The number of carbonyl (C=O) groups is 11. The summed E-state index contributed by atoms with van der Waals surface area (Å²) < 4.78 is 0. The number of nitrogens with zero attached hydrogens (tertiary/aromatic N) is 1. The number of guanidine groups is 1. The lowest BCUT2D eigenvalue weighted by molar-refractivity contribution is -0.142. The number of rotatable bonds is 34. The van der Waals surface area contributed by atoms with E-state index in [4.69, 9.17) is 22.9 Å². The summed E-state index contributed by atoms with van der Waals surface area (Å²) >= 11 is 9.16. The molecule has 0 aromatic carbocycles. The highest BCUT2D eigenvalue weighted by Gasteiger charge is 2.34. The highest BCUT2D eigenvalue weighted by atomic mass is 32.2. The Bertz CT molecular complexity index is 1790. The fourth-order valence-corrected chi connectivity index (χ4v) is 6.76. The number of amides is 9. The lowest BCUT2D eigenvalue weighted by Crippen LogP contribution is -2.59. The van der Waals surface area contributed by atoms with Gasteiger partial charge < -0.3 is 75.7 Å². The maximum atomic E-state index is 13.8. The minimum absolute atomic E-state index is 0.00956. The Labute approximate surface area is 409 Å². The quantitative estimate of drug-likeness (QED) is 0.0124. The van der Waals surface area contributed by atoms with Crippen molar-refractivity contribution in [1.29, 1.82) is 0 Å². The van der Waals surface area contributed by atoms with Crippen molar-refractivity contribution in [2.75, 3.05) is 36.6 Å². The van der Waals surface area contributed by atoms with Crippen LogP contribution in [0.15, 0.2) is 4.99 Å². The third kappa shape index (κ3) is 25.5. The minimum atomic E-state index is -1.72. The Morgan fingerprint density at radius 2 is 1.13 bits per heavy atom. The molecule has 0 heterocycles. The Morgan fingerprint density at radius 1 is 0.618 bits per heavy atom. The van der Waals surface area contributed by atoms with Crippen LogP contribution in [0, 0.1) is 11.8 Å². The van der Waals surface area contributed by atoms with Gasteiger partial charge in [-0.05, 0) is 55.9 Å². The van der Waals surface area contributed by atoms with E-state index in [1.54, 1.807) is 34.0 Å². The normalized spacial score (nSPS) is 14.5. The van der Waals surface area contributed by atoms with Crippen LogP contribution in [0.3, 0.4) is 0 Å². The molecule has 68 heavy (non-hydrogen) atoms. The standard InChI is InChI=1S/C39H69N13O13S3/c1-18(2)13-24(50-37(63)30(19(3)4)52-31(57)20(40)16-66)35(61)47-21(7-6-11-44-39(42)43)32(58)45-15-28(54)46-25(14-27(41)53)36(62)49-23(10-12-68-5)34(60)48-22(8-9-29(55)56)33(59)51-26(17-67)38(64)65/h18-26,30,66-67H,6-17,40H2,1-5H3,(H2,41,53)(H,45,58)(H,46,54)(H,47,61)(H,48,60)(H,49,62)(H,50,63)(H,51,59)(H,52,57)(H,55,56)(H,64,65)(H4,42,43,44)/t20-,21+,22-,23-,24-,25+,26-,30-/m0/s1. The first kappa shape index (κ1) is 62.4. The van der Waals surface area contributed by atoms with E-state index in [0.29, 0.717) is 0 Å². The van der Waals surface area contributed by atoms with Crippen molar-refractivity contribution >= 4 is 108 Å². The van der Waals surface area contributed by atoms with E-state index < -0.39 is 145 Å². The first-order valence-corrected chi connectivity index (χ1v) is 24.1. The van der Waals surface area contributed by atoms with Crippen molar-refractivity contribution in [3.63, 3.8) is 0 Å². The van der Waals surface area contributed by atoms with Gasteiger partial charge in [0.2, 0.25) is 53.2 Å². The molecule has 0 unspecified atom stereocenters. The maximum Gasteiger partial charge on any atom is 0.327 e. The molecule has 0 aromatic heterocycles. The van der Waals surface area contributed by atoms with Crippen molar-refractivity contribution in [2.24, 2.45) is 39.8 Å². The molecule has 0 saturated heterocycles. The predicted octanol–water partition coefficient (Wildman–Crippen LogP) is -4.98. The molecule has 0 aliphatic carbocycles. The van der Waals surface area contributed by atoms with Crippen molar-refractivity contribution in [1.82, 2.24) is 42.5 Å². The highest BCUT2D eigenvalue weighted by Crippen LogP contribution is 2.11. The number of nitrogens with two attached hydrogens (primary N) is 4. The topological polar surface area (TPSA) is 441 Å². The van der Waals surface area contributed by atoms with E-state index >= 15 is 0 Å². The van der Waals surface area contributed by atoms with Gasteiger partial charge in [0, 0.05) is 24.5 Å². The molecule has 26 nitrogen and oxygen atoms in total. The van der Waals surface area contributed by atoms with E-state index in [0.717, 1.165) is 0 Å². The maximum absolute atomic E-state index is 13.8. The SMILES string of the molecule is CSCC[C@H](NC(=O)[C@@H](CC(N)=O)NC(=O)CNC(=O)[C@@H](CCCN=C(N)N)NC(=O)[C@H](CC(C)C)NC(=O)[C@@H](NC(=O)[C@@H](N)CS)C(C)C)C(=O)N[C@@H](CCC(=O)O)C(=O)N[C@@H](CS)C(=O)O. The second kappa shape index (κ2) is 33.0. The van der Waals surface area contributed by atoms with Gasteiger partial charge in [0.15, 0.2) is 5.96 Å². The third-order valence-electron chi connectivity index (χ3n) is 9.50. The lowest BCUT2D eigenvalue weighted by atomic mass is 9.99. The van der Waals surface area contributed by atoms with Crippen molar-refractivity contribution in [3.8, 4) is 0 Å². The van der Waals surface area contributed by atoms with Gasteiger partial charge in [0.05, 0.1) is 19.0 Å². The van der Waals surface area contributed by atoms with Gasteiger partial charge >= 0.3 is 11.9 Å². The van der Waals surface area contributed by atoms with E-state index in [9.17, 15) is 63.0 Å². The lowest BCUT2D eigenvalue weighted by Gasteiger charge is -2.28. The number of thiol groups is 2. The molecular weight excluding hydrogens is 955 g/mol. The Balaban J connectivity index is 6.33. The molecule has 0 aliphatic rings. The van der Waals surface area contributed by atoms with Crippen molar-refractivity contribution in [2.45, 2.75) is 121 Å². The molecular formula is C39H69N13O13S3. The van der Waals surface area contributed by atoms with Crippen molar-refractivity contribution in [3.05, 3.63) is 0 Å². The number of carboxylic acid groups (broad SMARTS) is 2. The molecule has 0 aliphatic heterocycles. The molecule has 9 amide bonds. The largest absolute Gasteiger partial charge is 0.481 e. The predicted molar refractivity (Wildman–Crippen MR) is 258 cm³/mol. The summed E-state index contributed by atoms with van der Waals surface area (Å²) in [5.74, 6) is -11.9. The van der Waals surface area contributed by atoms with Gasteiger partial charge in [0.25, 0.3) is 0 Å². The number of aliphatic carboxylic acids is 2. The fourth-order valence-electron chi connectivity index (χ4n) is 5.88. The first-order valence-electron chi connectivity index (χ1n) is 21.4. The van der Waals surface area contributed by atoms with Crippen LogP contribution in [0.25, 0.3) is 0 Å². The molecule has 0 bridgehead atoms. The zero-order valence-electron chi connectivity index (χ0n) is 38.7. The van der Waals surface area contributed by atoms with Crippen LogP contribution in [0.5, 0.6) is 0 Å². The molecule has 0 fully saturated rings. The fraction of sp³-hybridized carbons (Fsp3) is 0.692.